The molecule has 0 saturated carbocycles. The van der Waals surface area contributed by atoms with Crippen LogP contribution in [-0.4, -0.2) is 23.1 Å². The van der Waals surface area contributed by atoms with Gasteiger partial charge in [0.2, 0.25) is 0 Å². The topological polar surface area (TPSA) is 0 Å². The third-order valence-electron chi connectivity index (χ3n) is 1.07. The van der Waals surface area contributed by atoms with E-state index in [1.165, 1.54) is 0 Å². The second-order valence-electron chi connectivity index (χ2n) is 1.86. The van der Waals surface area contributed by atoms with Crippen molar-refractivity contribution >= 4 is 23.1 Å². The zero-order valence-electron chi connectivity index (χ0n) is 6.08. The third kappa shape index (κ3) is 3.24. The van der Waals surface area contributed by atoms with Gasteiger partial charge in [-0.15, -0.1) is 6.07 Å². The van der Waals surface area contributed by atoms with E-state index in [0.717, 1.165) is 6.07 Å². The molecule has 0 amide bonds. The Hall–Kier alpha value is 0.126. The van der Waals surface area contributed by atoms with Crippen molar-refractivity contribution in [2.45, 2.75) is 0 Å². The molecule has 0 aromatic heterocycles. The molecule has 0 atom stereocenters. The summed E-state index contributed by atoms with van der Waals surface area (Å²) in [5, 5.41) is 0. The van der Waals surface area contributed by atoms with Gasteiger partial charge in [0.15, 0.2) is 0 Å². The van der Waals surface area contributed by atoms with E-state index >= 15 is 0 Å². The minimum Gasteiger partial charge on any atom is -1.00 e. The first kappa shape index (κ1) is 14.6. The van der Waals surface area contributed by atoms with Crippen LogP contribution in [0.2, 0.25) is 0 Å². The van der Waals surface area contributed by atoms with Crippen molar-refractivity contribution in [1.82, 2.24) is 0 Å². The Bertz CT molecular complexity index is 242. The number of halogens is 4. The molecular weight excluding hydrogens is 245 g/mol. The summed E-state index contributed by atoms with van der Waals surface area (Å²) >= 11 is 0. The maximum Gasteiger partial charge on any atom is 2.00 e. The minimum atomic E-state index is -1.20. The molecule has 0 aliphatic carbocycles. The molecule has 0 fully saturated rings. The average molecular weight is 249 g/mol. The van der Waals surface area contributed by atoms with E-state index in [4.69, 9.17) is 0 Å². The van der Waals surface area contributed by atoms with Gasteiger partial charge < -0.3 is 17.0 Å². The smallest absolute Gasteiger partial charge is 1.00 e. The van der Waals surface area contributed by atoms with Gasteiger partial charge in [-0.05, 0) is 6.07 Å². The van der Waals surface area contributed by atoms with Crippen LogP contribution >= 0.6 is 0 Å². The summed E-state index contributed by atoms with van der Waals surface area (Å²) in [7, 11) is 0. The number of rotatable bonds is 0. The van der Waals surface area contributed by atoms with Gasteiger partial charge in [-0.3, -0.25) is 4.39 Å². The van der Waals surface area contributed by atoms with Crippen molar-refractivity contribution in [3.05, 3.63) is 42.1 Å². The summed E-state index contributed by atoms with van der Waals surface area (Å²) in [6.07, 6.45) is 0. The molecule has 0 radical (unpaired) electrons. The van der Waals surface area contributed by atoms with E-state index in [2.05, 4.69) is 6.92 Å². The quantitative estimate of drug-likeness (QED) is 0.311. The maximum absolute atomic E-state index is 12.3. The van der Waals surface area contributed by atoms with E-state index in [9.17, 15) is 13.2 Å². The molecule has 5 heteroatoms. The van der Waals surface area contributed by atoms with Gasteiger partial charge in [0.1, 0.15) is 5.82 Å². The van der Waals surface area contributed by atoms with Gasteiger partial charge in [-0.2, -0.15) is 12.5 Å². The summed E-state index contributed by atoms with van der Waals surface area (Å²) in [5.74, 6) is -3.12. The number of benzene rings is 1. The Morgan fingerprint density at radius 1 is 1.08 bits per heavy atom. The van der Waals surface area contributed by atoms with E-state index in [-0.39, 0.29) is 45.6 Å². The molecule has 62 valence electrons. The third-order valence-corrected chi connectivity index (χ3v) is 1.07. The van der Waals surface area contributed by atoms with Crippen LogP contribution in [-0.2, 0) is 0 Å². The van der Waals surface area contributed by atoms with Gasteiger partial charge in [0, 0.05) is 0 Å². The number of hydrogen-bond acceptors (Lipinski definition) is 0. The normalized spacial score (nSPS) is 8.25. The maximum atomic E-state index is 12.3. The van der Waals surface area contributed by atoms with Crippen LogP contribution in [0.1, 0.15) is 5.56 Å². The molecule has 1 aromatic carbocycles. The van der Waals surface area contributed by atoms with Crippen molar-refractivity contribution in [1.29, 1.82) is 0 Å². The van der Waals surface area contributed by atoms with Gasteiger partial charge >= 0.3 is 23.1 Å². The zero-order valence-corrected chi connectivity index (χ0v) is 9.08. The van der Waals surface area contributed by atoms with Crippen LogP contribution in [0.4, 0.5) is 13.2 Å². The average Bonchev–Trinajstić information content (AvgIpc) is 1.82. The summed E-state index contributed by atoms with van der Waals surface area (Å²) in [6.45, 7) is 3.09. The van der Waals surface area contributed by atoms with Crippen LogP contribution < -0.4 is 17.0 Å². The fraction of sp³-hybridized carbons (Fsp3) is 0. The summed E-state index contributed by atoms with van der Waals surface area (Å²) in [6, 6.07) is 1.31. The molecule has 1 aromatic rings. The van der Waals surface area contributed by atoms with E-state index in [1.54, 1.807) is 0 Å². The van der Waals surface area contributed by atoms with Gasteiger partial charge in [-0.1, -0.05) is 0 Å². The van der Waals surface area contributed by atoms with Gasteiger partial charge in [0.05, 0.1) is 11.6 Å². The molecule has 0 bridgehead atoms. The molecule has 0 saturated heterocycles. The first-order valence-corrected chi connectivity index (χ1v) is 2.58. The minimum absolute atomic E-state index is 0. The molecule has 0 heterocycles. The summed E-state index contributed by atoms with van der Waals surface area (Å²) < 4.78 is 36.7. The van der Waals surface area contributed by atoms with Crippen molar-refractivity contribution in [2.75, 3.05) is 0 Å². The summed E-state index contributed by atoms with van der Waals surface area (Å²) in [5.41, 5.74) is -0.266. The standard InChI is InChI=1S/C7H4F3.BrH.Mg/c1-4-2-5(8)3-6(9)7(4)10;;/h2-3H,1H2;1H;/q-1;;+2/p-1. The molecule has 12 heavy (non-hydrogen) atoms. The van der Waals surface area contributed by atoms with Crippen LogP contribution in [0.25, 0.3) is 0 Å². The second kappa shape index (κ2) is 5.72. The summed E-state index contributed by atoms with van der Waals surface area (Å²) in [4.78, 5) is 0. The Labute approximate surface area is 95.1 Å². The first-order valence-electron chi connectivity index (χ1n) is 2.58. The second-order valence-corrected chi connectivity index (χ2v) is 1.86. The molecular formula is C7H4BrF3Mg. The molecule has 0 unspecified atom stereocenters. The molecule has 0 spiro atoms. The molecule has 0 N–H and O–H groups in total. The van der Waals surface area contributed by atoms with Crippen molar-refractivity contribution < 1.29 is 30.2 Å². The van der Waals surface area contributed by atoms with Gasteiger partial charge in [0.25, 0.3) is 0 Å². The van der Waals surface area contributed by atoms with Crippen molar-refractivity contribution in [3.8, 4) is 0 Å². The number of hydrogen-bond donors (Lipinski definition) is 0. The molecule has 0 aliphatic heterocycles. The predicted molar refractivity (Wildman–Crippen MR) is 36.5 cm³/mol. The van der Waals surface area contributed by atoms with Crippen molar-refractivity contribution in [3.63, 3.8) is 0 Å². The van der Waals surface area contributed by atoms with Crippen LogP contribution in [0.5, 0.6) is 0 Å². The fourth-order valence-corrected chi connectivity index (χ4v) is 0.609. The van der Waals surface area contributed by atoms with Crippen LogP contribution in [0, 0.1) is 24.4 Å². The molecule has 0 nitrogen and oxygen atoms in total. The Morgan fingerprint density at radius 2 is 1.58 bits per heavy atom. The van der Waals surface area contributed by atoms with E-state index in [1.807, 2.05) is 0 Å². The van der Waals surface area contributed by atoms with Crippen molar-refractivity contribution in [2.24, 2.45) is 0 Å². The Morgan fingerprint density at radius 3 is 2.00 bits per heavy atom. The van der Waals surface area contributed by atoms with E-state index in [0.29, 0.717) is 6.07 Å². The first-order chi connectivity index (χ1) is 4.61. The SMILES string of the molecule is [Br-].[CH2-]c1cc(F)cc(F)c1F.[Mg+2]. The zero-order chi connectivity index (χ0) is 7.72. The Kier molecular flexibility index (Phi) is 6.97. The van der Waals surface area contributed by atoms with E-state index < -0.39 is 17.5 Å². The predicted octanol–water partition coefficient (Wildman–Crippen LogP) is -1.09. The Balaban J connectivity index is 0. The molecule has 1 rings (SSSR count). The fourth-order valence-electron chi connectivity index (χ4n) is 0.609. The monoisotopic (exact) mass is 248 g/mol. The van der Waals surface area contributed by atoms with Crippen LogP contribution in [0.15, 0.2) is 12.1 Å². The largest absolute Gasteiger partial charge is 2.00 e. The van der Waals surface area contributed by atoms with Crippen LogP contribution in [0.3, 0.4) is 0 Å². The van der Waals surface area contributed by atoms with Gasteiger partial charge in [-0.25, -0.2) is 8.78 Å². The molecule has 0 aliphatic rings.